The number of nitrogens with one attached hydrogen (secondary N) is 2. The van der Waals surface area contributed by atoms with Gasteiger partial charge in [-0.1, -0.05) is 0 Å². The van der Waals surface area contributed by atoms with E-state index in [2.05, 4.69) is 20.1 Å². The summed E-state index contributed by atoms with van der Waals surface area (Å²) in [5, 5.41) is 4.22. The second-order valence-electron chi connectivity index (χ2n) is 10.0. The molecule has 0 saturated carbocycles. The zero-order valence-corrected chi connectivity index (χ0v) is 22.6. The summed E-state index contributed by atoms with van der Waals surface area (Å²) in [6, 6.07) is 5.83. The number of ether oxygens (including phenoxy) is 3. The van der Waals surface area contributed by atoms with Crippen molar-refractivity contribution in [2.24, 2.45) is 0 Å². The van der Waals surface area contributed by atoms with Crippen LogP contribution < -0.4 is 25.2 Å². The first-order valence-electron chi connectivity index (χ1n) is 13.5. The molecule has 10 nitrogen and oxygen atoms in total. The summed E-state index contributed by atoms with van der Waals surface area (Å²) in [5.74, 6) is 2.58. The molecule has 0 radical (unpaired) electrons. The lowest BCUT2D eigenvalue weighted by atomic mass is 10.1. The smallest absolute Gasteiger partial charge is 0.253 e. The normalized spacial score (nSPS) is 16.2. The number of morpholine rings is 1. The molecule has 10 heteroatoms. The van der Waals surface area contributed by atoms with Crippen LogP contribution in [-0.4, -0.2) is 79.5 Å². The first-order valence-corrected chi connectivity index (χ1v) is 13.5. The number of H-pyrrole nitrogens is 1. The maximum absolute atomic E-state index is 12.6. The lowest BCUT2D eigenvalue weighted by Gasteiger charge is -2.27. The SMILES string of the molecule is COc1cc2c(NCc3c(C)cc(C)[nH]c3=O)nc(N3CCOCC3)nc2cc1OCCCN1CCCC1. The maximum atomic E-state index is 12.6. The van der Waals surface area contributed by atoms with Gasteiger partial charge >= 0.3 is 0 Å². The van der Waals surface area contributed by atoms with Gasteiger partial charge in [0.25, 0.3) is 5.56 Å². The molecule has 2 fully saturated rings. The minimum absolute atomic E-state index is 0.0936. The van der Waals surface area contributed by atoms with Crippen molar-refractivity contribution in [2.75, 3.05) is 69.9 Å². The highest BCUT2D eigenvalue weighted by Crippen LogP contribution is 2.35. The van der Waals surface area contributed by atoms with Gasteiger partial charge in [-0.15, -0.1) is 0 Å². The number of methoxy groups -OCH3 is 1. The molecule has 4 heterocycles. The summed E-state index contributed by atoms with van der Waals surface area (Å²) < 4.78 is 17.4. The lowest BCUT2D eigenvalue weighted by molar-refractivity contribution is 0.122. The second kappa shape index (κ2) is 12.0. The fourth-order valence-electron chi connectivity index (χ4n) is 5.19. The molecule has 2 saturated heterocycles. The number of aryl methyl sites for hydroxylation is 2. The highest BCUT2D eigenvalue weighted by molar-refractivity contribution is 5.92. The Hall–Kier alpha value is -3.37. The highest BCUT2D eigenvalue weighted by atomic mass is 16.5. The fourth-order valence-corrected chi connectivity index (χ4v) is 5.19. The monoisotopic (exact) mass is 522 g/mol. The van der Waals surface area contributed by atoms with Gasteiger partial charge in [0.05, 0.1) is 32.4 Å². The van der Waals surface area contributed by atoms with Crippen LogP contribution in [0.1, 0.15) is 36.1 Å². The van der Waals surface area contributed by atoms with E-state index in [0.29, 0.717) is 55.2 Å². The number of likely N-dealkylation sites (tertiary alicyclic amines) is 1. The van der Waals surface area contributed by atoms with Crippen LogP contribution in [0.25, 0.3) is 10.9 Å². The largest absolute Gasteiger partial charge is 0.493 e. The van der Waals surface area contributed by atoms with Crippen LogP contribution in [0.2, 0.25) is 0 Å². The third kappa shape index (κ3) is 6.02. The first kappa shape index (κ1) is 26.2. The standard InChI is InChI=1S/C28H38N6O4/c1-19-15-20(2)30-27(35)22(19)18-29-26-21-16-24(36-3)25(38-12-6-9-33-7-4-5-8-33)17-23(21)31-28(32-26)34-10-13-37-14-11-34/h15-17H,4-14,18H2,1-3H3,(H,30,35)(H,29,31,32). The van der Waals surface area contributed by atoms with E-state index in [1.165, 1.54) is 25.9 Å². The molecule has 3 aromatic rings. The molecular weight excluding hydrogens is 484 g/mol. The predicted octanol–water partition coefficient (Wildman–Crippen LogP) is 3.26. The Morgan fingerprint density at radius 1 is 1.05 bits per heavy atom. The van der Waals surface area contributed by atoms with Crippen LogP contribution in [-0.2, 0) is 11.3 Å². The van der Waals surface area contributed by atoms with Crippen LogP contribution in [0.5, 0.6) is 11.5 Å². The number of hydrogen-bond acceptors (Lipinski definition) is 9. The van der Waals surface area contributed by atoms with E-state index >= 15 is 0 Å². The Morgan fingerprint density at radius 3 is 2.58 bits per heavy atom. The third-order valence-electron chi connectivity index (χ3n) is 7.26. The topological polar surface area (TPSA) is 105 Å². The number of hydrogen-bond donors (Lipinski definition) is 2. The van der Waals surface area contributed by atoms with Crippen molar-refractivity contribution < 1.29 is 14.2 Å². The number of benzene rings is 1. The van der Waals surface area contributed by atoms with Crippen LogP contribution in [0, 0.1) is 13.8 Å². The van der Waals surface area contributed by atoms with E-state index in [9.17, 15) is 4.79 Å². The van der Waals surface area contributed by atoms with E-state index in [1.807, 2.05) is 32.0 Å². The molecule has 0 unspecified atom stereocenters. The Balaban J connectivity index is 1.43. The Kier molecular flexibility index (Phi) is 8.29. The zero-order chi connectivity index (χ0) is 26.5. The number of anilines is 2. The van der Waals surface area contributed by atoms with Crippen LogP contribution in [0.4, 0.5) is 11.8 Å². The van der Waals surface area contributed by atoms with Crippen molar-refractivity contribution in [1.82, 2.24) is 19.9 Å². The average Bonchev–Trinajstić information content (AvgIpc) is 3.44. The molecule has 5 rings (SSSR count). The molecule has 2 aromatic heterocycles. The van der Waals surface area contributed by atoms with Gasteiger partial charge in [-0.2, -0.15) is 4.98 Å². The van der Waals surface area contributed by atoms with Crippen LogP contribution in [0.3, 0.4) is 0 Å². The van der Waals surface area contributed by atoms with Crippen LogP contribution in [0.15, 0.2) is 23.0 Å². The summed E-state index contributed by atoms with van der Waals surface area (Å²) in [6.07, 6.45) is 3.54. The summed E-state index contributed by atoms with van der Waals surface area (Å²) in [6.45, 7) is 10.9. The van der Waals surface area contributed by atoms with E-state index < -0.39 is 0 Å². The first-order chi connectivity index (χ1) is 18.5. The molecule has 2 aliphatic rings. The van der Waals surface area contributed by atoms with Crippen LogP contribution >= 0.6 is 0 Å². The molecule has 1 aromatic carbocycles. The number of fused-ring (bicyclic) bond motifs is 1. The fraction of sp³-hybridized carbons (Fsp3) is 0.536. The number of rotatable bonds is 10. The second-order valence-corrected chi connectivity index (χ2v) is 10.0. The number of nitrogens with zero attached hydrogens (tertiary/aromatic N) is 4. The molecular formula is C28H38N6O4. The van der Waals surface area contributed by atoms with Crippen molar-refractivity contribution in [1.29, 1.82) is 0 Å². The highest BCUT2D eigenvalue weighted by Gasteiger charge is 2.20. The number of pyridine rings is 1. The molecule has 0 spiro atoms. The van der Waals surface area contributed by atoms with E-state index in [1.54, 1.807) is 7.11 Å². The summed E-state index contributed by atoms with van der Waals surface area (Å²) in [4.78, 5) is 29.9. The van der Waals surface area contributed by atoms with Crippen molar-refractivity contribution in [3.05, 3.63) is 45.4 Å². The third-order valence-corrected chi connectivity index (χ3v) is 7.26. The van der Waals surface area contributed by atoms with Gasteiger partial charge in [-0.05, 0) is 63.9 Å². The van der Waals surface area contributed by atoms with Crippen molar-refractivity contribution >= 4 is 22.7 Å². The maximum Gasteiger partial charge on any atom is 0.253 e. The molecule has 2 N–H and O–H groups in total. The predicted molar refractivity (Wildman–Crippen MR) is 149 cm³/mol. The van der Waals surface area contributed by atoms with Gasteiger partial charge in [-0.25, -0.2) is 4.98 Å². The number of aromatic amines is 1. The molecule has 38 heavy (non-hydrogen) atoms. The molecule has 204 valence electrons. The Bertz CT molecular complexity index is 1310. The van der Waals surface area contributed by atoms with Crippen molar-refractivity contribution in [2.45, 2.75) is 39.7 Å². The molecule has 0 bridgehead atoms. The van der Waals surface area contributed by atoms with Gasteiger partial charge in [0, 0.05) is 48.9 Å². The van der Waals surface area contributed by atoms with Gasteiger partial charge < -0.3 is 34.3 Å². The molecule has 0 amide bonds. The number of aromatic nitrogens is 3. The quantitative estimate of drug-likeness (QED) is 0.388. The lowest BCUT2D eigenvalue weighted by Crippen LogP contribution is -2.37. The van der Waals surface area contributed by atoms with Crippen molar-refractivity contribution in [3.63, 3.8) is 0 Å². The van der Waals surface area contributed by atoms with E-state index in [4.69, 9.17) is 24.2 Å². The summed E-state index contributed by atoms with van der Waals surface area (Å²) in [5.41, 5.74) is 3.13. The van der Waals surface area contributed by atoms with Gasteiger partial charge in [0.1, 0.15) is 5.82 Å². The minimum atomic E-state index is -0.0936. The zero-order valence-electron chi connectivity index (χ0n) is 22.6. The van der Waals surface area contributed by atoms with E-state index in [-0.39, 0.29) is 5.56 Å². The Labute approximate surface area is 223 Å². The van der Waals surface area contributed by atoms with Gasteiger partial charge in [-0.3, -0.25) is 4.79 Å². The van der Waals surface area contributed by atoms with Gasteiger partial charge in [0.15, 0.2) is 11.5 Å². The summed E-state index contributed by atoms with van der Waals surface area (Å²) >= 11 is 0. The van der Waals surface area contributed by atoms with Gasteiger partial charge in [0.2, 0.25) is 5.95 Å². The van der Waals surface area contributed by atoms with E-state index in [0.717, 1.165) is 48.2 Å². The van der Waals surface area contributed by atoms with Crippen molar-refractivity contribution in [3.8, 4) is 11.5 Å². The minimum Gasteiger partial charge on any atom is -0.493 e. The average molecular weight is 523 g/mol. The molecule has 0 atom stereocenters. The molecule has 2 aliphatic heterocycles. The Morgan fingerprint density at radius 2 is 1.84 bits per heavy atom. The summed E-state index contributed by atoms with van der Waals surface area (Å²) in [7, 11) is 1.64. The molecule has 0 aliphatic carbocycles.